The molecule has 2 saturated heterocycles. The maximum atomic E-state index is 14.7. The number of aromatic nitrogens is 4. The van der Waals surface area contributed by atoms with Gasteiger partial charge in [0.25, 0.3) is 0 Å². The van der Waals surface area contributed by atoms with Gasteiger partial charge in [0.2, 0.25) is 11.9 Å². The van der Waals surface area contributed by atoms with Gasteiger partial charge in [-0.05, 0) is 89.3 Å². The summed E-state index contributed by atoms with van der Waals surface area (Å²) < 4.78 is 30.4. The van der Waals surface area contributed by atoms with Crippen LogP contribution in [0, 0.1) is 29.4 Å². The van der Waals surface area contributed by atoms with Crippen LogP contribution in [-0.2, 0) is 6.54 Å². The Hall–Kier alpha value is -2.89. The van der Waals surface area contributed by atoms with Crippen LogP contribution >= 0.6 is 0 Å². The number of nitrogens with two attached hydrogens (primary N) is 1. The molecule has 7 rings (SSSR count). The lowest BCUT2D eigenvalue weighted by atomic mass is 9.78. The summed E-state index contributed by atoms with van der Waals surface area (Å²) in [4.78, 5) is 19.5. The number of hydrogen-bond acceptors (Lipinski definition) is 7. The fourth-order valence-corrected chi connectivity index (χ4v) is 7.94. The van der Waals surface area contributed by atoms with E-state index in [0.29, 0.717) is 41.3 Å². The van der Waals surface area contributed by atoms with E-state index in [0.717, 1.165) is 82.1 Å². The van der Waals surface area contributed by atoms with E-state index in [1.807, 2.05) is 0 Å². The lowest BCUT2D eigenvalue weighted by molar-refractivity contribution is -0.502. The molecule has 1 aromatic carbocycles. The summed E-state index contributed by atoms with van der Waals surface area (Å²) in [6, 6.07) is 5.42. The van der Waals surface area contributed by atoms with E-state index in [2.05, 4.69) is 49.3 Å². The molecule has 0 radical (unpaired) electrons. The molecule has 2 aromatic heterocycles. The SMILES string of the molecule is CC(C1CCC(Cn2c(Nc3ccc(F)cc3F)nc3cnc(NC4CCC(C5C[NH2+]5)CC4)nc32)CC1)N1CCN(C)CC1. The minimum atomic E-state index is -0.644. The van der Waals surface area contributed by atoms with E-state index < -0.39 is 11.6 Å². The van der Waals surface area contributed by atoms with Gasteiger partial charge in [-0.25, -0.2) is 18.7 Å². The Bertz CT molecular complexity index is 1420. The van der Waals surface area contributed by atoms with Crippen LogP contribution in [0.5, 0.6) is 0 Å². The highest BCUT2D eigenvalue weighted by Gasteiger charge is 2.38. The molecule has 4 fully saturated rings. The highest BCUT2D eigenvalue weighted by atomic mass is 19.1. The zero-order valence-corrected chi connectivity index (χ0v) is 26.2. The Labute approximate surface area is 259 Å². The number of quaternary nitrogens is 1. The maximum Gasteiger partial charge on any atom is 0.224 e. The minimum Gasteiger partial charge on any atom is -0.351 e. The van der Waals surface area contributed by atoms with Gasteiger partial charge in [0.15, 0.2) is 5.65 Å². The van der Waals surface area contributed by atoms with Crippen LogP contribution < -0.4 is 16.0 Å². The van der Waals surface area contributed by atoms with Gasteiger partial charge in [0, 0.05) is 56.8 Å². The number of nitrogens with zero attached hydrogens (tertiary/aromatic N) is 6. The highest BCUT2D eigenvalue weighted by molar-refractivity contribution is 5.76. The standard InChI is InChI=1S/C33H47F2N9/c1-21(43-15-13-42(2)14-16-43)23-5-3-22(4-6-23)20-44-31-30(40-33(44)39-28-12-9-25(34)17-27(28)35)19-37-32(41-31)38-26-10-7-24(8-11-26)29-18-36-29/h9,12,17,19,21-24,26,29,36H,3-8,10-11,13-16,18,20H2,1-2H3,(H,39,40)(H,37,38,41)/p+1. The Kier molecular flexibility index (Phi) is 8.70. The zero-order chi connectivity index (χ0) is 30.2. The fraction of sp³-hybridized carbons (Fsp3) is 0.667. The summed E-state index contributed by atoms with van der Waals surface area (Å²) in [5.74, 6) is 1.94. The molecule has 2 aliphatic carbocycles. The predicted molar refractivity (Wildman–Crippen MR) is 169 cm³/mol. The largest absolute Gasteiger partial charge is 0.351 e. The number of halogens is 2. The van der Waals surface area contributed by atoms with Gasteiger partial charge in [-0.1, -0.05) is 0 Å². The van der Waals surface area contributed by atoms with Gasteiger partial charge in [-0.15, -0.1) is 0 Å². The number of benzene rings is 1. The van der Waals surface area contributed by atoms with Crippen molar-refractivity contribution in [2.75, 3.05) is 50.4 Å². The molecule has 2 aliphatic heterocycles. The molecule has 0 bridgehead atoms. The number of rotatable bonds is 9. The summed E-state index contributed by atoms with van der Waals surface area (Å²) in [6.07, 6.45) is 11.3. The molecule has 9 nitrogen and oxygen atoms in total. The summed E-state index contributed by atoms with van der Waals surface area (Å²) >= 11 is 0. The third kappa shape index (κ3) is 6.70. The van der Waals surface area contributed by atoms with Crippen LogP contribution in [0.3, 0.4) is 0 Å². The molecule has 11 heteroatoms. The highest BCUT2D eigenvalue weighted by Crippen LogP contribution is 2.36. The number of anilines is 3. The lowest BCUT2D eigenvalue weighted by Crippen LogP contribution is -2.61. The van der Waals surface area contributed by atoms with Gasteiger partial charge in [-0.3, -0.25) is 9.47 Å². The van der Waals surface area contributed by atoms with Gasteiger partial charge >= 0.3 is 0 Å². The first-order chi connectivity index (χ1) is 21.4. The van der Waals surface area contributed by atoms with Gasteiger partial charge < -0.3 is 20.9 Å². The molecule has 4 aliphatic rings. The number of fused-ring (bicyclic) bond motifs is 1. The van der Waals surface area contributed by atoms with Gasteiger partial charge in [0.05, 0.1) is 11.9 Å². The Balaban J connectivity index is 1.07. The van der Waals surface area contributed by atoms with Crippen LogP contribution in [-0.4, -0.2) is 87.2 Å². The zero-order valence-electron chi connectivity index (χ0n) is 26.2. The summed E-state index contributed by atoms with van der Waals surface area (Å²) in [5, 5.41) is 9.20. The number of piperazine rings is 1. The van der Waals surface area contributed by atoms with Crippen LogP contribution in [0.15, 0.2) is 24.4 Å². The van der Waals surface area contributed by atoms with Gasteiger partial charge in [0.1, 0.15) is 29.7 Å². The van der Waals surface area contributed by atoms with Crippen molar-refractivity contribution in [2.24, 2.45) is 17.8 Å². The average Bonchev–Trinajstić information content (AvgIpc) is 3.83. The first kappa shape index (κ1) is 29.8. The van der Waals surface area contributed by atoms with Crippen molar-refractivity contribution in [3.63, 3.8) is 0 Å². The first-order valence-electron chi connectivity index (χ1n) is 16.9. The molecule has 2 atom stereocenters. The van der Waals surface area contributed by atoms with Crippen LogP contribution in [0.1, 0.15) is 58.3 Å². The summed E-state index contributed by atoms with van der Waals surface area (Å²) in [6.45, 7) is 9.07. The van der Waals surface area contributed by atoms with Crippen LogP contribution in [0.25, 0.3) is 11.2 Å². The van der Waals surface area contributed by atoms with Crippen molar-refractivity contribution < 1.29 is 14.1 Å². The van der Waals surface area contributed by atoms with E-state index in [4.69, 9.17) is 9.97 Å². The molecule has 238 valence electrons. The Morgan fingerprint density at radius 2 is 1.73 bits per heavy atom. The quantitative estimate of drug-likeness (QED) is 0.314. The van der Waals surface area contributed by atoms with Gasteiger partial charge in [-0.2, -0.15) is 4.98 Å². The first-order valence-corrected chi connectivity index (χ1v) is 16.9. The number of nitrogens with one attached hydrogen (secondary N) is 2. The monoisotopic (exact) mass is 608 g/mol. The average molecular weight is 609 g/mol. The minimum absolute atomic E-state index is 0.198. The van der Waals surface area contributed by atoms with Crippen molar-refractivity contribution >= 4 is 28.7 Å². The molecule has 2 unspecified atom stereocenters. The molecule has 0 spiro atoms. The van der Waals surface area contributed by atoms with Crippen LogP contribution in [0.2, 0.25) is 0 Å². The van der Waals surface area contributed by atoms with Crippen molar-refractivity contribution in [3.05, 3.63) is 36.0 Å². The number of imidazole rings is 1. The predicted octanol–water partition coefficient (Wildman–Crippen LogP) is 4.21. The van der Waals surface area contributed by atoms with Crippen molar-refractivity contribution in [1.82, 2.24) is 29.3 Å². The normalized spacial score (nSPS) is 29.0. The van der Waals surface area contributed by atoms with Crippen molar-refractivity contribution in [1.29, 1.82) is 0 Å². The smallest absolute Gasteiger partial charge is 0.224 e. The second-order valence-electron chi connectivity index (χ2n) is 13.9. The van der Waals surface area contributed by atoms with E-state index in [9.17, 15) is 8.78 Å². The molecule has 0 amide bonds. The summed E-state index contributed by atoms with van der Waals surface area (Å²) in [7, 11) is 2.21. The topological polar surface area (TPSA) is 90.7 Å². The number of likely N-dealkylation sites (N-methyl/N-ethyl adjacent to an activating group) is 1. The molecule has 44 heavy (non-hydrogen) atoms. The maximum absolute atomic E-state index is 14.7. The van der Waals surface area contributed by atoms with E-state index in [1.54, 1.807) is 6.20 Å². The molecular formula is C33H48F2N9+. The Morgan fingerprint density at radius 3 is 2.43 bits per heavy atom. The van der Waals surface area contributed by atoms with Crippen molar-refractivity contribution in [2.45, 2.75) is 83.0 Å². The third-order valence-corrected chi connectivity index (χ3v) is 11.0. The molecule has 3 aromatic rings. The fourth-order valence-electron chi connectivity index (χ4n) is 7.94. The molecular weight excluding hydrogens is 560 g/mol. The van der Waals surface area contributed by atoms with Crippen molar-refractivity contribution in [3.8, 4) is 0 Å². The van der Waals surface area contributed by atoms with E-state index in [-0.39, 0.29) is 5.69 Å². The number of hydrogen-bond donors (Lipinski definition) is 3. The summed E-state index contributed by atoms with van der Waals surface area (Å²) in [5.41, 5.74) is 1.62. The molecule has 2 saturated carbocycles. The second kappa shape index (κ2) is 12.8. The Morgan fingerprint density at radius 1 is 0.977 bits per heavy atom. The second-order valence-corrected chi connectivity index (χ2v) is 13.9. The molecule has 4 heterocycles. The lowest BCUT2D eigenvalue weighted by Gasteiger charge is -2.42. The third-order valence-electron chi connectivity index (χ3n) is 11.0. The van der Waals surface area contributed by atoms with E-state index in [1.165, 1.54) is 44.4 Å². The molecule has 4 N–H and O–H groups in total. The van der Waals surface area contributed by atoms with E-state index >= 15 is 0 Å². The van der Waals surface area contributed by atoms with Crippen LogP contribution in [0.4, 0.5) is 26.4 Å².